The van der Waals surface area contributed by atoms with E-state index in [1.165, 1.54) is 12.1 Å². The molecule has 0 saturated heterocycles. The lowest BCUT2D eigenvalue weighted by atomic mass is 10.0. The maximum atomic E-state index is 13.7. The quantitative estimate of drug-likeness (QED) is 0.607. The molecule has 2 aromatic rings. The Morgan fingerprint density at radius 1 is 1.10 bits per heavy atom. The molecule has 2 amide bonds. The van der Waals surface area contributed by atoms with Gasteiger partial charge in [-0.3, -0.25) is 9.59 Å². The van der Waals surface area contributed by atoms with E-state index < -0.39 is 6.04 Å². The third-order valence-corrected chi connectivity index (χ3v) is 4.99. The highest BCUT2D eigenvalue weighted by molar-refractivity contribution is 5.99. The van der Waals surface area contributed by atoms with Gasteiger partial charge in [-0.1, -0.05) is 38.1 Å². The Labute approximate surface area is 183 Å². The third kappa shape index (κ3) is 6.79. The Bertz CT molecular complexity index is 886. The Morgan fingerprint density at radius 2 is 1.81 bits per heavy atom. The predicted molar refractivity (Wildman–Crippen MR) is 120 cm³/mol. The Morgan fingerprint density at radius 3 is 2.42 bits per heavy atom. The number of hydrogen-bond acceptors (Lipinski definition) is 4. The van der Waals surface area contributed by atoms with E-state index in [0.717, 1.165) is 5.56 Å². The predicted octanol–water partition coefficient (Wildman–Crippen LogP) is 3.40. The van der Waals surface area contributed by atoms with Gasteiger partial charge in [-0.05, 0) is 56.8 Å². The van der Waals surface area contributed by atoms with Gasteiger partial charge >= 0.3 is 0 Å². The second-order valence-corrected chi connectivity index (χ2v) is 7.90. The van der Waals surface area contributed by atoms with Crippen molar-refractivity contribution >= 4 is 11.8 Å². The van der Waals surface area contributed by atoms with Crippen molar-refractivity contribution in [2.24, 2.45) is 5.92 Å². The average Bonchev–Trinajstić information content (AvgIpc) is 2.72. The van der Waals surface area contributed by atoms with Crippen LogP contribution in [0, 0.1) is 11.7 Å². The number of likely N-dealkylation sites (N-methyl/N-ethyl adjacent to an activating group) is 1. The largest absolute Gasteiger partial charge is 0.493 e. The second kappa shape index (κ2) is 11.5. The molecule has 7 heteroatoms. The van der Waals surface area contributed by atoms with E-state index in [4.69, 9.17) is 4.74 Å². The standard InChI is InChI=1S/C24H32FN3O3/c1-6-31-21-13-8-7-12-19(21)23(29)27-22(16(2)3)24(30)26-15-20(28(4)5)17-10-9-11-18(25)14-17/h7-14,16,20,22H,6,15H2,1-5H3,(H,26,30)(H,27,29). The molecular weight excluding hydrogens is 397 g/mol. The van der Waals surface area contributed by atoms with Crippen LogP contribution < -0.4 is 15.4 Å². The number of halogens is 1. The van der Waals surface area contributed by atoms with Crippen LogP contribution in [0.2, 0.25) is 0 Å². The number of nitrogens with zero attached hydrogens (tertiary/aromatic N) is 1. The Kier molecular flexibility index (Phi) is 9.00. The van der Waals surface area contributed by atoms with Crippen LogP contribution in [0.25, 0.3) is 0 Å². The smallest absolute Gasteiger partial charge is 0.255 e. The molecule has 0 saturated carbocycles. The maximum absolute atomic E-state index is 13.7. The number of nitrogens with one attached hydrogen (secondary N) is 2. The van der Waals surface area contributed by atoms with Crippen LogP contribution >= 0.6 is 0 Å². The molecule has 2 N–H and O–H groups in total. The first-order valence-corrected chi connectivity index (χ1v) is 10.5. The summed E-state index contributed by atoms with van der Waals surface area (Å²) in [5.74, 6) is -0.636. The molecule has 0 aliphatic rings. The van der Waals surface area contributed by atoms with Gasteiger partial charge < -0.3 is 20.3 Å². The fourth-order valence-electron chi connectivity index (χ4n) is 3.31. The highest BCUT2D eigenvalue weighted by Crippen LogP contribution is 2.20. The summed E-state index contributed by atoms with van der Waals surface area (Å²) in [7, 11) is 3.74. The number of rotatable bonds is 10. The molecule has 6 nitrogen and oxygen atoms in total. The maximum Gasteiger partial charge on any atom is 0.255 e. The fourth-order valence-corrected chi connectivity index (χ4v) is 3.31. The van der Waals surface area contributed by atoms with Crippen molar-refractivity contribution in [1.29, 1.82) is 0 Å². The average molecular weight is 430 g/mol. The van der Waals surface area contributed by atoms with E-state index in [0.29, 0.717) is 17.9 Å². The van der Waals surface area contributed by atoms with Gasteiger partial charge in [-0.25, -0.2) is 4.39 Å². The SMILES string of the molecule is CCOc1ccccc1C(=O)NC(C(=O)NCC(c1cccc(F)c1)N(C)C)C(C)C. The zero-order valence-electron chi connectivity index (χ0n) is 18.8. The van der Waals surface area contributed by atoms with Crippen LogP contribution in [0.4, 0.5) is 4.39 Å². The van der Waals surface area contributed by atoms with E-state index in [-0.39, 0.29) is 36.1 Å². The fraction of sp³-hybridized carbons (Fsp3) is 0.417. The number of carbonyl (C=O) groups is 2. The molecular formula is C24H32FN3O3. The lowest BCUT2D eigenvalue weighted by Crippen LogP contribution is -2.51. The van der Waals surface area contributed by atoms with Crippen molar-refractivity contribution in [2.75, 3.05) is 27.2 Å². The summed E-state index contributed by atoms with van der Waals surface area (Å²) >= 11 is 0. The molecule has 0 bridgehead atoms. The zero-order chi connectivity index (χ0) is 23.0. The van der Waals surface area contributed by atoms with Crippen molar-refractivity contribution in [3.63, 3.8) is 0 Å². The molecule has 0 fully saturated rings. The zero-order valence-corrected chi connectivity index (χ0v) is 18.8. The molecule has 168 valence electrons. The van der Waals surface area contributed by atoms with E-state index >= 15 is 0 Å². The molecule has 0 aromatic heterocycles. The number of benzene rings is 2. The van der Waals surface area contributed by atoms with Gasteiger partial charge in [0.25, 0.3) is 5.91 Å². The van der Waals surface area contributed by atoms with Gasteiger partial charge in [0.05, 0.1) is 18.2 Å². The Hall–Kier alpha value is -2.93. The number of carbonyl (C=O) groups excluding carboxylic acids is 2. The van der Waals surface area contributed by atoms with Crippen molar-refractivity contribution < 1.29 is 18.7 Å². The van der Waals surface area contributed by atoms with Gasteiger partial charge in [0.15, 0.2) is 0 Å². The molecule has 0 aliphatic carbocycles. The summed E-state index contributed by atoms with van der Waals surface area (Å²) in [4.78, 5) is 27.7. The molecule has 2 atom stereocenters. The first-order valence-electron chi connectivity index (χ1n) is 10.5. The topological polar surface area (TPSA) is 70.7 Å². The summed E-state index contributed by atoms with van der Waals surface area (Å²) in [6, 6.07) is 12.3. The minimum Gasteiger partial charge on any atom is -0.493 e. The van der Waals surface area contributed by atoms with Crippen LogP contribution in [0.15, 0.2) is 48.5 Å². The molecule has 31 heavy (non-hydrogen) atoms. The monoisotopic (exact) mass is 429 g/mol. The van der Waals surface area contributed by atoms with E-state index in [9.17, 15) is 14.0 Å². The van der Waals surface area contributed by atoms with Gasteiger partial charge in [0.1, 0.15) is 17.6 Å². The van der Waals surface area contributed by atoms with E-state index in [1.807, 2.05) is 45.8 Å². The van der Waals surface area contributed by atoms with Crippen LogP contribution in [-0.4, -0.2) is 50.0 Å². The molecule has 2 rings (SSSR count). The first kappa shape index (κ1) is 24.3. The minimum atomic E-state index is -0.725. The summed E-state index contributed by atoms with van der Waals surface area (Å²) in [6.07, 6.45) is 0. The molecule has 0 aliphatic heterocycles. The molecule has 0 spiro atoms. The van der Waals surface area contributed by atoms with Crippen molar-refractivity contribution in [2.45, 2.75) is 32.9 Å². The summed E-state index contributed by atoms with van der Waals surface area (Å²) in [5.41, 5.74) is 1.15. The lowest BCUT2D eigenvalue weighted by molar-refractivity contribution is -0.124. The molecule has 2 aromatic carbocycles. The van der Waals surface area contributed by atoms with E-state index in [2.05, 4.69) is 10.6 Å². The molecule has 0 radical (unpaired) electrons. The summed E-state index contributed by atoms with van der Waals surface area (Å²) in [6.45, 7) is 6.30. The number of ether oxygens (including phenoxy) is 1. The van der Waals surface area contributed by atoms with Gasteiger partial charge in [-0.2, -0.15) is 0 Å². The normalized spacial score (nSPS) is 13.0. The highest BCUT2D eigenvalue weighted by Gasteiger charge is 2.27. The van der Waals surface area contributed by atoms with Crippen molar-refractivity contribution in [3.05, 3.63) is 65.5 Å². The summed E-state index contributed by atoms with van der Waals surface area (Å²) in [5, 5.41) is 5.74. The summed E-state index contributed by atoms with van der Waals surface area (Å²) < 4.78 is 19.2. The van der Waals surface area contributed by atoms with Gasteiger partial charge in [0, 0.05) is 6.54 Å². The van der Waals surface area contributed by atoms with Crippen molar-refractivity contribution in [1.82, 2.24) is 15.5 Å². The van der Waals surface area contributed by atoms with Gasteiger partial charge in [0.2, 0.25) is 5.91 Å². The van der Waals surface area contributed by atoms with Gasteiger partial charge in [-0.15, -0.1) is 0 Å². The number of hydrogen-bond donors (Lipinski definition) is 2. The second-order valence-electron chi connectivity index (χ2n) is 7.90. The highest BCUT2D eigenvalue weighted by atomic mass is 19.1. The Balaban J connectivity index is 2.10. The first-order chi connectivity index (χ1) is 14.7. The lowest BCUT2D eigenvalue weighted by Gasteiger charge is -2.27. The number of amides is 2. The third-order valence-electron chi connectivity index (χ3n) is 4.99. The molecule has 0 heterocycles. The minimum absolute atomic E-state index is 0.129. The van der Waals surface area contributed by atoms with E-state index in [1.54, 1.807) is 30.3 Å². The van der Waals surface area contributed by atoms with Crippen LogP contribution in [0.1, 0.15) is 42.7 Å². The van der Waals surface area contributed by atoms with Crippen molar-refractivity contribution in [3.8, 4) is 5.75 Å². The van der Waals surface area contributed by atoms with Crippen LogP contribution in [-0.2, 0) is 4.79 Å². The molecule has 2 unspecified atom stereocenters. The van der Waals surface area contributed by atoms with Crippen LogP contribution in [0.5, 0.6) is 5.75 Å². The number of para-hydroxylation sites is 1. The van der Waals surface area contributed by atoms with Crippen LogP contribution in [0.3, 0.4) is 0 Å².